The van der Waals surface area contributed by atoms with E-state index in [9.17, 15) is 4.79 Å². The van der Waals surface area contributed by atoms with E-state index in [1.54, 1.807) is 24.5 Å². The highest BCUT2D eigenvalue weighted by Gasteiger charge is 2.16. The number of benzene rings is 1. The lowest BCUT2D eigenvalue weighted by atomic mass is 10.2. The molecule has 0 unspecified atom stereocenters. The number of nitriles is 1. The number of carbonyl (C=O) groups excluding carboxylic acids is 1. The molecule has 0 atom stereocenters. The molecule has 1 aliphatic rings. The Bertz CT molecular complexity index is 815. The van der Waals surface area contributed by atoms with Gasteiger partial charge in [0.2, 0.25) is 0 Å². The van der Waals surface area contributed by atoms with Crippen molar-refractivity contribution in [3.63, 3.8) is 0 Å². The van der Waals surface area contributed by atoms with Crippen molar-refractivity contribution < 1.29 is 14.3 Å². The molecular formula is C23H28N4O3. The van der Waals surface area contributed by atoms with Crippen LogP contribution in [0.1, 0.15) is 17.5 Å². The van der Waals surface area contributed by atoms with Crippen LogP contribution in [0.25, 0.3) is 0 Å². The first-order chi connectivity index (χ1) is 14.7. The largest absolute Gasteiger partial charge is 0.484 e. The molecule has 0 bridgehead atoms. The zero-order valence-electron chi connectivity index (χ0n) is 17.2. The highest BCUT2D eigenvalue weighted by molar-refractivity contribution is 5.77. The molecule has 3 rings (SSSR count). The summed E-state index contributed by atoms with van der Waals surface area (Å²) in [6.07, 6.45) is 4.75. The maximum Gasteiger partial charge on any atom is 0.260 e. The molecular weight excluding hydrogens is 380 g/mol. The minimum absolute atomic E-state index is 0.0137. The van der Waals surface area contributed by atoms with Crippen LogP contribution >= 0.6 is 0 Å². The third-order valence-electron chi connectivity index (χ3n) is 5.05. The summed E-state index contributed by atoms with van der Waals surface area (Å²) >= 11 is 0. The predicted octanol–water partition coefficient (Wildman–Crippen LogP) is 2.28. The first-order valence-corrected chi connectivity index (χ1v) is 10.3. The van der Waals surface area contributed by atoms with E-state index in [0.29, 0.717) is 25.3 Å². The van der Waals surface area contributed by atoms with Gasteiger partial charge in [-0.3, -0.25) is 14.7 Å². The first kappa shape index (κ1) is 21.8. The average Bonchev–Trinajstić information content (AvgIpc) is 2.79. The lowest BCUT2D eigenvalue weighted by Crippen LogP contribution is -2.40. The third-order valence-corrected chi connectivity index (χ3v) is 5.05. The standard InChI is InChI=1S/C23H28N4O3/c24-9-6-20-2-4-22(5-3-20)30-19-23(28)27(18-21-7-10-25-11-8-21)13-1-12-26-14-16-29-17-15-26/h2-5,7-8,10-11H,1,6,12-19H2. The molecule has 1 amide bonds. The monoisotopic (exact) mass is 408 g/mol. The zero-order valence-corrected chi connectivity index (χ0v) is 17.2. The Morgan fingerprint density at radius 2 is 1.87 bits per heavy atom. The van der Waals surface area contributed by atoms with Crippen LogP contribution in [0.4, 0.5) is 0 Å². The Balaban J connectivity index is 1.53. The molecule has 2 heterocycles. The Hall–Kier alpha value is -2.95. The summed E-state index contributed by atoms with van der Waals surface area (Å²) in [6.45, 7) is 5.59. The van der Waals surface area contributed by atoms with E-state index in [-0.39, 0.29) is 12.5 Å². The quantitative estimate of drug-likeness (QED) is 0.600. The highest BCUT2D eigenvalue weighted by Crippen LogP contribution is 2.13. The van der Waals surface area contributed by atoms with Gasteiger partial charge in [-0.15, -0.1) is 0 Å². The number of ether oxygens (including phenoxy) is 2. The number of morpholine rings is 1. The van der Waals surface area contributed by atoms with E-state index in [1.807, 2.05) is 29.2 Å². The minimum Gasteiger partial charge on any atom is -0.484 e. The number of carbonyl (C=O) groups is 1. The van der Waals surface area contributed by atoms with Crippen LogP contribution in [0.15, 0.2) is 48.8 Å². The minimum atomic E-state index is -0.0464. The fourth-order valence-electron chi connectivity index (χ4n) is 3.34. The Kier molecular flexibility index (Phi) is 8.63. The molecule has 0 radical (unpaired) electrons. The van der Waals surface area contributed by atoms with Gasteiger partial charge in [0.1, 0.15) is 5.75 Å². The molecule has 2 aromatic rings. The number of amides is 1. The molecule has 0 spiro atoms. The van der Waals surface area contributed by atoms with Crippen molar-refractivity contribution in [3.8, 4) is 11.8 Å². The average molecular weight is 409 g/mol. The van der Waals surface area contributed by atoms with Crippen LogP contribution in [0.3, 0.4) is 0 Å². The van der Waals surface area contributed by atoms with Gasteiger partial charge in [0, 0.05) is 45.1 Å². The van der Waals surface area contributed by atoms with Crippen molar-refractivity contribution >= 4 is 5.91 Å². The molecule has 1 aromatic heterocycles. The van der Waals surface area contributed by atoms with Crippen molar-refractivity contribution in [1.29, 1.82) is 5.26 Å². The summed E-state index contributed by atoms with van der Waals surface area (Å²) in [5.74, 6) is 0.581. The van der Waals surface area contributed by atoms with E-state index in [1.165, 1.54) is 0 Å². The third kappa shape index (κ3) is 7.14. The predicted molar refractivity (Wildman–Crippen MR) is 113 cm³/mol. The molecule has 7 heteroatoms. The van der Waals surface area contributed by atoms with Gasteiger partial charge >= 0.3 is 0 Å². The molecule has 1 aromatic carbocycles. The van der Waals surface area contributed by atoms with E-state index in [4.69, 9.17) is 14.7 Å². The first-order valence-electron chi connectivity index (χ1n) is 10.3. The van der Waals surface area contributed by atoms with Gasteiger partial charge < -0.3 is 14.4 Å². The lowest BCUT2D eigenvalue weighted by molar-refractivity contribution is -0.134. The van der Waals surface area contributed by atoms with Crippen molar-refractivity contribution in [2.75, 3.05) is 46.0 Å². The molecule has 0 N–H and O–H groups in total. The van der Waals surface area contributed by atoms with Gasteiger partial charge in [-0.05, 0) is 41.8 Å². The van der Waals surface area contributed by atoms with Gasteiger partial charge in [-0.25, -0.2) is 0 Å². The number of aromatic nitrogens is 1. The number of hydrogen-bond donors (Lipinski definition) is 0. The summed E-state index contributed by atoms with van der Waals surface area (Å²) in [4.78, 5) is 21.2. The molecule has 1 saturated heterocycles. The van der Waals surface area contributed by atoms with E-state index in [0.717, 1.165) is 50.4 Å². The highest BCUT2D eigenvalue weighted by atomic mass is 16.5. The Morgan fingerprint density at radius 3 is 2.57 bits per heavy atom. The fourth-order valence-corrected chi connectivity index (χ4v) is 3.34. The summed E-state index contributed by atoms with van der Waals surface area (Å²) < 4.78 is 11.1. The Morgan fingerprint density at radius 1 is 1.13 bits per heavy atom. The molecule has 0 saturated carbocycles. The summed E-state index contributed by atoms with van der Waals surface area (Å²) in [7, 11) is 0. The maximum atomic E-state index is 12.9. The number of hydrogen-bond acceptors (Lipinski definition) is 6. The summed E-state index contributed by atoms with van der Waals surface area (Å²) in [5.41, 5.74) is 1.98. The van der Waals surface area contributed by atoms with Gasteiger partial charge in [0.15, 0.2) is 6.61 Å². The molecule has 0 aliphatic carbocycles. The second-order valence-corrected chi connectivity index (χ2v) is 7.25. The van der Waals surface area contributed by atoms with Crippen LogP contribution in [-0.4, -0.2) is 66.7 Å². The van der Waals surface area contributed by atoms with Gasteiger partial charge in [0.05, 0.1) is 25.7 Å². The second kappa shape index (κ2) is 11.9. The van der Waals surface area contributed by atoms with Crippen molar-refractivity contribution in [3.05, 3.63) is 59.9 Å². The van der Waals surface area contributed by atoms with E-state index < -0.39 is 0 Å². The summed E-state index contributed by atoms with van der Waals surface area (Å²) in [6, 6.07) is 13.3. The van der Waals surface area contributed by atoms with Gasteiger partial charge in [-0.1, -0.05) is 12.1 Å². The van der Waals surface area contributed by atoms with E-state index in [2.05, 4.69) is 16.0 Å². The second-order valence-electron chi connectivity index (χ2n) is 7.25. The summed E-state index contributed by atoms with van der Waals surface area (Å²) in [5, 5.41) is 8.76. The van der Waals surface area contributed by atoms with Gasteiger partial charge in [-0.2, -0.15) is 5.26 Å². The van der Waals surface area contributed by atoms with Crippen LogP contribution in [0.2, 0.25) is 0 Å². The maximum absolute atomic E-state index is 12.9. The molecule has 30 heavy (non-hydrogen) atoms. The molecule has 1 fully saturated rings. The number of nitrogens with zero attached hydrogens (tertiary/aromatic N) is 4. The fraction of sp³-hybridized carbons (Fsp3) is 0.435. The van der Waals surface area contributed by atoms with Crippen LogP contribution in [0.5, 0.6) is 5.75 Å². The number of pyridine rings is 1. The van der Waals surface area contributed by atoms with Crippen molar-refractivity contribution in [2.45, 2.75) is 19.4 Å². The van der Waals surface area contributed by atoms with Crippen LogP contribution in [0, 0.1) is 11.3 Å². The van der Waals surface area contributed by atoms with Crippen molar-refractivity contribution in [2.24, 2.45) is 0 Å². The lowest BCUT2D eigenvalue weighted by Gasteiger charge is -2.28. The number of rotatable bonds is 10. The topological polar surface area (TPSA) is 78.7 Å². The van der Waals surface area contributed by atoms with E-state index >= 15 is 0 Å². The van der Waals surface area contributed by atoms with Crippen molar-refractivity contribution in [1.82, 2.24) is 14.8 Å². The molecule has 7 nitrogen and oxygen atoms in total. The smallest absolute Gasteiger partial charge is 0.260 e. The SMILES string of the molecule is N#CCc1ccc(OCC(=O)N(CCCN2CCOCC2)Cc2ccncc2)cc1. The molecule has 1 aliphatic heterocycles. The molecule has 158 valence electrons. The Labute approximate surface area is 177 Å². The van der Waals surface area contributed by atoms with Gasteiger partial charge in [0.25, 0.3) is 5.91 Å². The normalized spacial score (nSPS) is 14.1. The van der Waals surface area contributed by atoms with Crippen LogP contribution in [-0.2, 0) is 22.5 Å². The van der Waals surface area contributed by atoms with Crippen LogP contribution < -0.4 is 4.74 Å². The zero-order chi connectivity index (χ0) is 21.0.